The third-order valence-corrected chi connectivity index (χ3v) is 5.53. The molecular formula is C14H23N3O2S. The summed E-state index contributed by atoms with van der Waals surface area (Å²) in [4.78, 5) is 4.43. The lowest BCUT2D eigenvalue weighted by atomic mass is 10.0. The van der Waals surface area contributed by atoms with Crippen LogP contribution in [-0.4, -0.2) is 37.3 Å². The number of aromatic nitrogens is 1. The Hall–Kier alpha value is -1.14. The Balaban J connectivity index is 2.10. The Kier molecular flexibility index (Phi) is 4.99. The van der Waals surface area contributed by atoms with Gasteiger partial charge in [-0.25, -0.2) is 13.4 Å². The lowest BCUT2D eigenvalue weighted by Crippen LogP contribution is -2.29. The number of nitrogens with zero attached hydrogens (tertiary/aromatic N) is 2. The van der Waals surface area contributed by atoms with E-state index >= 15 is 0 Å². The van der Waals surface area contributed by atoms with Gasteiger partial charge in [-0.3, -0.25) is 0 Å². The van der Waals surface area contributed by atoms with Crippen LogP contribution in [0, 0.1) is 5.92 Å². The maximum absolute atomic E-state index is 12.5. The molecule has 2 rings (SSSR count). The molecule has 1 saturated heterocycles. The fraction of sp³-hybridized carbons (Fsp3) is 0.643. The molecule has 0 aromatic carbocycles. The summed E-state index contributed by atoms with van der Waals surface area (Å²) in [7, 11) is -3.38. The quantitative estimate of drug-likeness (QED) is 0.875. The van der Waals surface area contributed by atoms with Crippen molar-refractivity contribution < 1.29 is 8.42 Å². The predicted octanol–water partition coefficient (Wildman–Crippen LogP) is 2.32. The van der Waals surface area contributed by atoms with Crippen LogP contribution in [0.15, 0.2) is 23.2 Å². The van der Waals surface area contributed by atoms with Crippen LogP contribution in [0.4, 0.5) is 5.82 Å². The normalized spacial score (nSPS) is 20.2. The minimum absolute atomic E-state index is 0.288. The van der Waals surface area contributed by atoms with Gasteiger partial charge in [0.05, 0.1) is 0 Å². The molecule has 1 N–H and O–H groups in total. The maximum Gasteiger partial charge on any atom is 0.244 e. The van der Waals surface area contributed by atoms with Crippen molar-refractivity contribution in [2.75, 3.05) is 25.0 Å². The summed E-state index contributed by atoms with van der Waals surface area (Å²) in [6, 6.07) is 3.35. The monoisotopic (exact) mass is 297 g/mol. The van der Waals surface area contributed by atoms with Crippen LogP contribution in [0.2, 0.25) is 0 Å². The SMILES string of the molecule is CCCC1CCN(S(=O)(=O)c2ccc(NCC)nc2)C1. The highest BCUT2D eigenvalue weighted by Crippen LogP contribution is 2.26. The standard InChI is InChI=1S/C14H23N3O2S/c1-3-5-12-8-9-17(11-12)20(18,19)13-6-7-14(15-4-2)16-10-13/h6-7,10,12H,3-5,8-9,11H2,1-2H3,(H,15,16). The Bertz CT molecular complexity index is 528. The van der Waals surface area contributed by atoms with Crippen molar-refractivity contribution in [3.63, 3.8) is 0 Å². The van der Waals surface area contributed by atoms with E-state index in [-0.39, 0.29) is 4.90 Å². The molecule has 0 amide bonds. The van der Waals surface area contributed by atoms with E-state index in [0.29, 0.717) is 24.8 Å². The summed E-state index contributed by atoms with van der Waals surface area (Å²) in [5.74, 6) is 1.21. The van der Waals surface area contributed by atoms with Gasteiger partial charge in [-0.05, 0) is 37.8 Å². The summed E-state index contributed by atoms with van der Waals surface area (Å²) in [5, 5.41) is 3.06. The molecule has 1 aromatic rings. The van der Waals surface area contributed by atoms with Gasteiger partial charge in [0.1, 0.15) is 10.7 Å². The number of rotatable bonds is 6. The molecule has 2 heterocycles. The molecule has 5 nitrogen and oxygen atoms in total. The van der Waals surface area contributed by atoms with Crippen LogP contribution in [0.3, 0.4) is 0 Å². The summed E-state index contributed by atoms with van der Waals surface area (Å²) in [6.45, 7) is 6.15. The average molecular weight is 297 g/mol. The minimum atomic E-state index is -3.38. The third-order valence-electron chi connectivity index (χ3n) is 3.68. The van der Waals surface area contributed by atoms with Crippen LogP contribution >= 0.6 is 0 Å². The highest BCUT2D eigenvalue weighted by molar-refractivity contribution is 7.89. The zero-order valence-corrected chi connectivity index (χ0v) is 13.0. The van der Waals surface area contributed by atoms with Gasteiger partial charge < -0.3 is 5.32 Å². The Morgan fingerprint density at radius 3 is 2.80 bits per heavy atom. The van der Waals surface area contributed by atoms with Crippen LogP contribution in [0.5, 0.6) is 0 Å². The summed E-state index contributed by atoms with van der Waals surface area (Å²) in [5.41, 5.74) is 0. The molecule has 0 spiro atoms. The van der Waals surface area contributed by atoms with Crippen molar-refractivity contribution >= 4 is 15.8 Å². The van der Waals surface area contributed by atoms with Gasteiger partial charge in [0.25, 0.3) is 0 Å². The van der Waals surface area contributed by atoms with E-state index in [1.807, 2.05) is 6.92 Å². The van der Waals surface area contributed by atoms with Crippen LogP contribution < -0.4 is 5.32 Å². The number of hydrogen-bond donors (Lipinski definition) is 1. The number of pyridine rings is 1. The second-order valence-corrected chi connectivity index (χ2v) is 7.15. The fourth-order valence-electron chi connectivity index (χ4n) is 2.63. The van der Waals surface area contributed by atoms with Gasteiger partial charge >= 0.3 is 0 Å². The van der Waals surface area contributed by atoms with Gasteiger partial charge in [0, 0.05) is 25.8 Å². The van der Waals surface area contributed by atoms with Crippen molar-refractivity contribution in [3.8, 4) is 0 Å². The molecular weight excluding hydrogens is 274 g/mol. The summed E-state index contributed by atoms with van der Waals surface area (Å²) >= 11 is 0. The zero-order chi connectivity index (χ0) is 14.6. The lowest BCUT2D eigenvalue weighted by Gasteiger charge is -2.16. The highest BCUT2D eigenvalue weighted by atomic mass is 32.2. The first-order valence-corrected chi connectivity index (χ1v) is 8.72. The second-order valence-electron chi connectivity index (χ2n) is 5.22. The minimum Gasteiger partial charge on any atom is -0.370 e. The van der Waals surface area contributed by atoms with Crippen LogP contribution in [0.1, 0.15) is 33.1 Å². The number of hydrogen-bond acceptors (Lipinski definition) is 4. The van der Waals surface area contributed by atoms with Gasteiger partial charge in [0.2, 0.25) is 10.0 Å². The number of anilines is 1. The van der Waals surface area contributed by atoms with Gasteiger partial charge in [0.15, 0.2) is 0 Å². The molecule has 0 bridgehead atoms. The van der Waals surface area contributed by atoms with Crippen molar-refractivity contribution in [1.82, 2.24) is 9.29 Å². The molecule has 1 unspecified atom stereocenters. The lowest BCUT2D eigenvalue weighted by molar-refractivity contribution is 0.444. The summed E-state index contributed by atoms with van der Waals surface area (Å²) < 4.78 is 26.6. The number of sulfonamides is 1. The average Bonchev–Trinajstić information content (AvgIpc) is 2.90. The molecule has 1 aromatic heterocycles. The van der Waals surface area contributed by atoms with Gasteiger partial charge in [-0.15, -0.1) is 0 Å². The first-order valence-electron chi connectivity index (χ1n) is 7.28. The highest BCUT2D eigenvalue weighted by Gasteiger charge is 2.32. The van der Waals surface area contributed by atoms with Crippen molar-refractivity contribution in [2.45, 2.75) is 38.0 Å². The second kappa shape index (κ2) is 6.54. The first-order chi connectivity index (χ1) is 9.57. The molecule has 1 aliphatic heterocycles. The third kappa shape index (κ3) is 3.30. The molecule has 6 heteroatoms. The van der Waals surface area contributed by atoms with E-state index in [1.165, 1.54) is 6.20 Å². The molecule has 1 fully saturated rings. The maximum atomic E-state index is 12.5. The zero-order valence-electron chi connectivity index (χ0n) is 12.2. The molecule has 1 aliphatic rings. The van der Waals surface area contributed by atoms with E-state index in [2.05, 4.69) is 17.2 Å². The van der Waals surface area contributed by atoms with E-state index in [9.17, 15) is 8.42 Å². The van der Waals surface area contributed by atoms with E-state index in [0.717, 1.165) is 25.8 Å². The summed E-state index contributed by atoms with van der Waals surface area (Å²) in [6.07, 6.45) is 4.62. The van der Waals surface area contributed by atoms with Crippen molar-refractivity contribution in [1.29, 1.82) is 0 Å². The molecule has 20 heavy (non-hydrogen) atoms. The Morgan fingerprint density at radius 2 is 2.20 bits per heavy atom. The van der Waals surface area contributed by atoms with Crippen molar-refractivity contribution in [2.24, 2.45) is 5.92 Å². The fourth-order valence-corrected chi connectivity index (χ4v) is 4.10. The first kappa shape index (κ1) is 15.3. The van der Waals surface area contributed by atoms with E-state index in [1.54, 1.807) is 16.4 Å². The van der Waals surface area contributed by atoms with Crippen molar-refractivity contribution in [3.05, 3.63) is 18.3 Å². The Morgan fingerprint density at radius 1 is 1.40 bits per heavy atom. The largest absolute Gasteiger partial charge is 0.370 e. The van der Waals surface area contributed by atoms with E-state index < -0.39 is 10.0 Å². The molecule has 112 valence electrons. The smallest absolute Gasteiger partial charge is 0.244 e. The topological polar surface area (TPSA) is 62.3 Å². The molecule has 0 radical (unpaired) electrons. The predicted molar refractivity (Wildman–Crippen MR) is 80.2 cm³/mol. The molecule has 1 atom stereocenters. The van der Waals surface area contributed by atoms with Gasteiger partial charge in [-0.1, -0.05) is 13.3 Å². The van der Waals surface area contributed by atoms with E-state index in [4.69, 9.17) is 0 Å². The molecule has 0 saturated carbocycles. The van der Waals surface area contributed by atoms with Gasteiger partial charge in [-0.2, -0.15) is 4.31 Å². The number of nitrogens with one attached hydrogen (secondary N) is 1. The Labute approximate surface area is 121 Å². The van der Waals surface area contributed by atoms with Crippen LogP contribution in [-0.2, 0) is 10.0 Å². The van der Waals surface area contributed by atoms with Crippen LogP contribution in [0.25, 0.3) is 0 Å². The molecule has 0 aliphatic carbocycles.